The van der Waals surface area contributed by atoms with E-state index in [9.17, 15) is 4.79 Å². The van der Waals surface area contributed by atoms with E-state index >= 15 is 0 Å². The largest absolute Gasteiger partial charge is 0.352 e. The molecule has 1 aliphatic rings. The van der Waals surface area contributed by atoms with Gasteiger partial charge in [0.1, 0.15) is 0 Å². The number of carbonyl (C=O) groups excluding carboxylic acids is 1. The second-order valence-corrected chi connectivity index (χ2v) is 7.66. The first-order valence-electron chi connectivity index (χ1n) is 7.98. The topological polar surface area (TPSA) is 42.0 Å². The highest BCUT2D eigenvalue weighted by Gasteiger charge is 2.41. The zero-order chi connectivity index (χ0) is 15.5. The quantitative estimate of drug-likeness (QED) is 0.915. The minimum atomic E-state index is 0.183. The average Bonchev–Trinajstić information content (AvgIpc) is 2.45. The van der Waals surface area contributed by atoms with Crippen LogP contribution in [-0.2, 0) is 11.3 Å². The molecule has 0 bridgehead atoms. The predicted octanol–water partition coefficient (Wildman–Crippen LogP) is 3.94. The number of hydrogen-bond acceptors (Lipinski definition) is 2. The second-order valence-electron chi connectivity index (χ2n) is 7.66. The van der Waals surface area contributed by atoms with Crippen molar-refractivity contribution in [3.63, 3.8) is 0 Å². The Labute approximate surface area is 128 Å². The molecule has 0 radical (unpaired) electrons. The summed E-state index contributed by atoms with van der Waals surface area (Å²) in [4.78, 5) is 16.3. The molecule has 0 saturated heterocycles. The van der Waals surface area contributed by atoms with E-state index in [1.807, 2.05) is 12.1 Å². The van der Waals surface area contributed by atoms with Crippen LogP contribution < -0.4 is 5.32 Å². The van der Waals surface area contributed by atoms with Crippen LogP contribution >= 0.6 is 0 Å². The van der Waals surface area contributed by atoms with Crippen molar-refractivity contribution >= 4 is 5.91 Å². The van der Waals surface area contributed by atoms with Gasteiger partial charge in [-0.05, 0) is 54.2 Å². The van der Waals surface area contributed by atoms with E-state index in [4.69, 9.17) is 0 Å². The molecule has 0 atom stereocenters. The van der Waals surface area contributed by atoms with Gasteiger partial charge in [-0.15, -0.1) is 0 Å². The number of pyridine rings is 1. The Bertz CT molecular complexity index is 468. The van der Waals surface area contributed by atoms with Crippen LogP contribution in [0.15, 0.2) is 24.5 Å². The van der Waals surface area contributed by atoms with Crippen LogP contribution in [0.4, 0.5) is 0 Å². The molecule has 1 amide bonds. The van der Waals surface area contributed by atoms with Gasteiger partial charge in [-0.1, -0.05) is 27.7 Å². The minimum absolute atomic E-state index is 0.183. The second kappa shape index (κ2) is 6.17. The van der Waals surface area contributed by atoms with Gasteiger partial charge in [-0.25, -0.2) is 0 Å². The van der Waals surface area contributed by atoms with Crippen molar-refractivity contribution < 1.29 is 4.79 Å². The van der Waals surface area contributed by atoms with Gasteiger partial charge in [-0.2, -0.15) is 0 Å². The van der Waals surface area contributed by atoms with Crippen molar-refractivity contribution in [2.45, 2.75) is 59.9 Å². The number of hydrogen-bond donors (Lipinski definition) is 1. The van der Waals surface area contributed by atoms with Gasteiger partial charge in [0.15, 0.2) is 0 Å². The molecule has 0 spiro atoms. The molecule has 0 aromatic carbocycles. The Balaban J connectivity index is 1.84. The van der Waals surface area contributed by atoms with Gasteiger partial charge in [-0.3, -0.25) is 9.78 Å². The Morgan fingerprint density at radius 2 is 1.86 bits per heavy atom. The van der Waals surface area contributed by atoms with E-state index in [-0.39, 0.29) is 11.8 Å². The normalized spacial score (nSPS) is 26.4. The summed E-state index contributed by atoms with van der Waals surface area (Å²) in [5, 5.41) is 3.07. The maximum Gasteiger partial charge on any atom is 0.223 e. The summed E-state index contributed by atoms with van der Waals surface area (Å²) in [7, 11) is 0. The van der Waals surface area contributed by atoms with Crippen molar-refractivity contribution in [3.05, 3.63) is 30.1 Å². The number of nitrogens with one attached hydrogen (secondary N) is 1. The molecule has 1 heterocycles. The summed E-state index contributed by atoms with van der Waals surface area (Å²) in [6, 6.07) is 3.88. The molecule has 0 unspecified atom stereocenters. The standard InChI is InChI=1S/C18H28N2O/c1-17(2,3)18(4)9-5-15(6-10-18)16(21)20-13-14-7-11-19-12-8-14/h7-8,11-12,15H,5-6,9-10,13H2,1-4H3,(H,20,21). The van der Waals surface area contributed by atoms with E-state index in [0.717, 1.165) is 31.2 Å². The van der Waals surface area contributed by atoms with Gasteiger partial charge in [0, 0.05) is 24.9 Å². The van der Waals surface area contributed by atoms with Crippen molar-refractivity contribution in [2.75, 3.05) is 0 Å². The predicted molar refractivity (Wildman–Crippen MR) is 85.6 cm³/mol. The van der Waals surface area contributed by atoms with Gasteiger partial charge in [0.05, 0.1) is 0 Å². The van der Waals surface area contributed by atoms with Crippen LogP contribution in [-0.4, -0.2) is 10.9 Å². The molecule has 3 nitrogen and oxygen atoms in total. The molecule has 3 heteroatoms. The Hall–Kier alpha value is -1.38. The minimum Gasteiger partial charge on any atom is -0.352 e. The van der Waals surface area contributed by atoms with Crippen LogP contribution in [0.25, 0.3) is 0 Å². The zero-order valence-electron chi connectivity index (χ0n) is 13.8. The van der Waals surface area contributed by atoms with Crippen LogP contribution in [0, 0.1) is 16.7 Å². The smallest absolute Gasteiger partial charge is 0.223 e. The maximum atomic E-state index is 12.3. The molecule has 0 aliphatic heterocycles. The van der Waals surface area contributed by atoms with Crippen molar-refractivity contribution in [1.29, 1.82) is 0 Å². The summed E-state index contributed by atoms with van der Waals surface area (Å²) < 4.78 is 0. The Kier molecular flexibility index (Phi) is 4.70. The molecule has 1 fully saturated rings. The third-order valence-corrected chi connectivity index (χ3v) is 5.49. The van der Waals surface area contributed by atoms with Gasteiger partial charge in [0.25, 0.3) is 0 Å². The fourth-order valence-corrected chi connectivity index (χ4v) is 3.10. The van der Waals surface area contributed by atoms with Gasteiger partial charge in [0.2, 0.25) is 5.91 Å². The lowest BCUT2D eigenvalue weighted by Crippen LogP contribution is -2.40. The summed E-state index contributed by atoms with van der Waals surface area (Å²) in [6.45, 7) is 9.93. The fraction of sp³-hybridized carbons (Fsp3) is 0.667. The molecule has 116 valence electrons. The van der Waals surface area contributed by atoms with Gasteiger partial charge < -0.3 is 5.32 Å². The molecule has 1 aromatic rings. The molecule has 21 heavy (non-hydrogen) atoms. The number of aromatic nitrogens is 1. The summed E-state index contributed by atoms with van der Waals surface area (Å²) in [5.41, 5.74) is 1.77. The molecular formula is C18H28N2O. The SMILES string of the molecule is CC(C)(C)C1(C)CCC(C(=O)NCc2ccncc2)CC1. The molecular weight excluding hydrogens is 260 g/mol. The molecule has 2 rings (SSSR count). The lowest BCUT2D eigenvalue weighted by molar-refractivity contribution is -0.127. The number of carbonyl (C=O) groups is 1. The average molecular weight is 288 g/mol. The Morgan fingerprint density at radius 3 is 2.38 bits per heavy atom. The first kappa shape index (κ1) is 16.0. The van der Waals surface area contributed by atoms with Crippen LogP contribution in [0.1, 0.15) is 58.9 Å². The molecule has 1 N–H and O–H groups in total. The van der Waals surface area contributed by atoms with E-state index in [0.29, 0.717) is 17.4 Å². The lowest BCUT2D eigenvalue weighted by Gasteiger charge is -2.46. The first-order chi connectivity index (χ1) is 9.82. The monoisotopic (exact) mass is 288 g/mol. The Morgan fingerprint density at radius 1 is 1.29 bits per heavy atom. The first-order valence-corrected chi connectivity index (χ1v) is 7.98. The van der Waals surface area contributed by atoms with Crippen molar-refractivity contribution in [1.82, 2.24) is 10.3 Å². The maximum absolute atomic E-state index is 12.3. The molecule has 1 aromatic heterocycles. The molecule has 1 aliphatic carbocycles. The van der Waals surface area contributed by atoms with Crippen LogP contribution in [0.3, 0.4) is 0 Å². The van der Waals surface area contributed by atoms with E-state index in [2.05, 4.69) is 38.0 Å². The fourth-order valence-electron chi connectivity index (χ4n) is 3.10. The number of nitrogens with zero attached hydrogens (tertiary/aromatic N) is 1. The summed E-state index contributed by atoms with van der Waals surface area (Å²) in [6.07, 6.45) is 7.83. The van der Waals surface area contributed by atoms with Crippen LogP contribution in [0.2, 0.25) is 0 Å². The highest BCUT2D eigenvalue weighted by molar-refractivity contribution is 5.78. The van der Waals surface area contributed by atoms with Gasteiger partial charge >= 0.3 is 0 Å². The summed E-state index contributed by atoms with van der Waals surface area (Å²) in [5.74, 6) is 0.394. The lowest BCUT2D eigenvalue weighted by atomic mass is 9.59. The van der Waals surface area contributed by atoms with Crippen LogP contribution in [0.5, 0.6) is 0 Å². The number of amides is 1. The summed E-state index contributed by atoms with van der Waals surface area (Å²) >= 11 is 0. The van der Waals surface area contributed by atoms with E-state index in [1.165, 1.54) is 0 Å². The number of rotatable bonds is 3. The van der Waals surface area contributed by atoms with E-state index in [1.54, 1.807) is 12.4 Å². The highest BCUT2D eigenvalue weighted by Crippen LogP contribution is 2.50. The third-order valence-electron chi connectivity index (χ3n) is 5.49. The van der Waals surface area contributed by atoms with Crippen molar-refractivity contribution in [2.24, 2.45) is 16.7 Å². The third kappa shape index (κ3) is 3.84. The molecule has 1 saturated carbocycles. The van der Waals surface area contributed by atoms with E-state index < -0.39 is 0 Å². The zero-order valence-corrected chi connectivity index (χ0v) is 13.8. The highest BCUT2D eigenvalue weighted by atomic mass is 16.1. The van der Waals surface area contributed by atoms with Crippen molar-refractivity contribution in [3.8, 4) is 0 Å².